The van der Waals surface area contributed by atoms with Crippen LogP contribution in [0.2, 0.25) is 0 Å². The van der Waals surface area contributed by atoms with Gasteiger partial charge in [0.15, 0.2) is 0 Å². The first kappa shape index (κ1) is 14.6. The average Bonchev–Trinajstić information content (AvgIpc) is 2.68. The van der Waals surface area contributed by atoms with E-state index in [9.17, 15) is 21.6 Å². The van der Waals surface area contributed by atoms with E-state index in [1.807, 2.05) is 0 Å². The third kappa shape index (κ3) is 1.94. The molecule has 2 unspecified atom stereocenters. The van der Waals surface area contributed by atoms with Crippen LogP contribution in [0.15, 0.2) is 5.16 Å². The zero-order valence-corrected chi connectivity index (χ0v) is 11.2. The van der Waals surface area contributed by atoms with Crippen molar-refractivity contribution in [2.45, 2.75) is 44.2 Å². The molecule has 2 rings (SSSR count). The summed E-state index contributed by atoms with van der Waals surface area (Å²) in [5.41, 5.74) is -7.83. The van der Waals surface area contributed by atoms with E-state index in [2.05, 4.69) is 9.34 Å². The molecule has 2 fully saturated rings. The molecule has 2 aliphatic rings. The predicted molar refractivity (Wildman–Crippen MR) is 59.1 cm³/mol. The third-order valence-corrected chi connectivity index (χ3v) is 5.29. The molecule has 0 aromatic carbocycles. The summed E-state index contributed by atoms with van der Waals surface area (Å²) in [6, 6.07) is 0. The number of oxime groups is 1. The molecule has 2 saturated carbocycles. The van der Waals surface area contributed by atoms with Gasteiger partial charge in [0, 0.05) is 5.41 Å². The molecule has 0 saturated heterocycles. The summed E-state index contributed by atoms with van der Waals surface area (Å²) in [5.74, 6) is -0.0539. The molecule has 1 N–H and O–H groups in total. The van der Waals surface area contributed by atoms with Crippen LogP contribution in [0.4, 0.5) is 13.2 Å². The number of halogens is 3. The van der Waals surface area contributed by atoms with E-state index in [4.69, 9.17) is 5.21 Å². The first-order valence-corrected chi connectivity index (χ1v) is 7.12. The van der Waals surface area contributed by atoms with E-state index < -0.39 is 26.6 Å². The average molecular weight is 301 g/mol. The lowest BCUT2D eigenvalue weighted by Crippen LogP contribution is -2.47. The lowest BCUT2D eigenvalue weighted by Gasteiger charge is -2.35. The molecule has 0 aromatic rings. The van der Waals surface area contributed by atoms with Crippen LogP contribution < -0.4 is 0 Å². The van der Waals surface area contributed by atoms with Crippen LogP contribution in [0.5, 0.6) is 0 Å². The van der Waals surface area contributed by atoms with Gasteiger partial charge in [-0.1, -0.05) is 19.0 Å². The Bertz CT molecular complexity index is 525. The highest BCUT2D eigenvalue weighted by atomic mass is 32.2. The quantitative estimate of drug-likeness (QED) is 0.367. The fraction of sp³-hybridized carbons (Fsp3) is 0.900. The van der Waals surface area contributed by atoms with Crippen molar-refractivity contribution in [1.29, 1.82) is 0 Å². The normalized spacial score (nSPS) is 36.1. The van der Waals surface area contributed by atoms with Crippen molar-refractivity contribution >= 4 is 15.8 Å². The third-order valence-electron chi connectivity index (χ3n) is 4.19. The van der Waals surface area contributed by atoms with Gasteiger partial charge in [-0.25, -0.2) is 0 Å². The molecule has 0 amide bonds. The minimum Gasteiger partial charge on any atom is -0.411 e. The first-order valence-electron chi connectivity index (χ1n) is 5.71. The maximum absolute atomic E-state index is 12.4. The van der Waals surface area contributed by atoms with Crippen molar-refractivity contribution < 1.29 is 31.0 Å². The van der Waals surface area contributed by atoms with Gasteiger partial charge >= 0.3 is 15.6 Å². The molecule has 2 atom stereocenters. The molecule has 0 radical (unpaired) electrons. The van der Waals surface area contributed by atoms with Gasteiger partial charge in [-0.15, -0.1) is 0 Å². The number of hydrogen-bond acceptors (Lipinski definition) is 5. The molecule has 2 aliphatic carbocycles. The van der Waals surface area contributed by atoms with Gasteiger partial charge in [-0.3, -0.25) is 4.18 Å². The maximum atomic E-state index is 12.4. The smallest absolute Gasteiger partial charge is 0.411 e. The molecule has 0 aliphatic heterocycles. The molecule has 19 heavy (non-hydrogen) atoms. The Morgan fingerprint density at radius 3 is 2.47 bits per heavy atom. The van der Waals surface area contributed by atoms with Crippen LogP contribution in [-0.4, -0.2) is 30.4 Å². The van der Waals surface area contributed by atoms with Crippen LogP contribution in [-0.2, 0) is 14.3 Å². The van der Waals surface area contributed by atoms with Crippen molar-refractivity contribution in [1.82, 2.24) is 0 Å². The highest BCUT2D eigenvalue weighted by molar-refractivity contribution is 7.87. The SMILES string of the molecule is CC1(C)/C(=N/O)C2(OS(=O)(=O)C(F)(F)F)CCC1C2. The van der Waals surface area contributed by atoms with Crippen molar-refractivity contribution in [3.05, 3.63) is 0 Å². The monoisotopic (exact) mass is 301 g/mol. The summed E-state index contributed by atoms with van der Waals surface area (Å²) in [4.78, 5) is 0. The lowest BCUT2D eigenvalue weighted by atomic mass is 9.74. The molecule has 0 aromatic heterocycles. The molecular formula is C10H14F3NO4S. The van der Waals surface area contributed by atoms with Crippen LogP contribution in [0.3, 0.4) is 0 Å². The van der Waals surface area contributed by atoms with Crippen molar-refractivity contribution in [3.8, 4) is 0 Å². The second-order valence-electron chi connectivity index (χ2n) is 5.59. The predicted octanol–water partition coefficient (Wildman–Crippen LogP) is 2.26. The van der Waals surface area contributed by atoms with Crippen molar-refractivity contribution in [2.75, 3.05) is 0 Å². The van der Waals surface area contributed by atoms with Crippen LogP contribution in [0.1, 0.15) is 33.1 Å². The van der Waals surface area contributed by atoms with E-state index in [-0.39, 0.29) is 24.5 Å². The van der Waals surface area contributed by atoms with Gasteiger partial charge in [0.05, 0.1) is 5.71 Å². The number of alkyl halides is 3. The molecule has 0 heterocycles. The van der Waals surface area contributed by atoms with E-state index in [1.165, 1.54) is 0 Å². The van der Waals surface area contributed by atoms with Gasteiger partial charge in [0.1, 0.15) is 5.60 Å². The molecule has 110 valence electrons. The minimum atomic E-state index is -5.71. The van der Waals surface area contributed by atoms with E-state index in [0.29, 0.717) is 6.42 Å². The van der Waals surface area contributed by atoms with Gasteiger partial charge in [0.2, 0.25) is 0 Å². The lowest BCUT2D eigenvalue weighted by molar-refractivity contribution is -0.0599. The van der Waals surface area contributed by atoms with Gasteiger partial charge in [-0.05, 0) is 25.2 Å². The summed E-state index contributed by atoms with van der Waals surface area (Å²) in [6.45, 7) is 3.41. The molecular weight excluding hydrogens is 287 g/mol. The Morgan fingerprint density at radius 2 is 2.00 bits per heavy atom. The minimum absolute atomic E-state index is 0.0240. The number of rotatable bonds is 2. The van der Waals surface area contributed by atoms with Crippen LogP contribution in [0, 0.1) is 11.3 Å². The highest BCUT2D eigenvalue weighted by Gasteiger charge is 2.65. The van der Waals surface area contributed by atoms with Crippen LogP contribution in [0.25, 0.3) is 0 Å². The first-order chi connectivity index (χ1) is 8.46. The fourth-order valence-electron chi connectivity index (χ4n) is 3.21. The Hall–Kier alpha value is -0.830. The van der Waals surface area contributed by atoms with E-state index in [1.54, 1.807) is 13.8 Å². The van der Waals surface area contributed by atoms with Gasteiger partial charge < -0.3 is 5.21 Å². The Kier molecular flexibility index (Phi) is 2.95. The Labute approximate surface area is 108 Å². The van der Waals surface area contributed by atoms with Gasteiger partial charge in [-0.2, -0.15) is 21.6 Å². The topological polar surface area (TPSA) is 76.0 Å². The molecule has 2 bridgehead atoms. The summed E-state index contributed by atoms with van der Waals surface area (Å²) < 4.78 is 64.0. The molecule has 5 nitrogen and oxygen atoms in total. The number of fused-ring (bicyclic) bond motifs is 2. The number of nitrogens with zero attached hydrogens (tertiary/aromatic N) is 1. The summed E-state index contributed by atoms with van der Waals surface area (Å²) in [7, 11) is -5.71. The Balaban J connectivity index is 2.41. The number of hydrogen-bond donors (Lipinski definition) is 1. The Morgan fingerprint density at radius 1 is 1.42 bits per heavy atom. The zero-order chi connectivity index (χ0) is 14.7. The second kappa shape index (κ2) is 3.85. The standard InChI is InChI=1S/C10H14F3NO4S/c1-8(2)6-3-4-9(5-6,7(8)14-15)18-19(16,17)10(11,12)13/h6,15H,3-5H2,1-2H3/b14-7-. The summed E-state index contributed by atoms with van der Waals surface area (Å²) in [6.07, 6.45) is 0.768. The molecule has 0 spiro atoms. The highest BCUT2D eigenvalue weighted by Crippen LogP contribution is 2.58. The van der Waals surface area contributed by atoms with Crippen molar-refractivity contribution in [3.63, 3.8) is 0 Å². The second-order valence-corrected chi connectivity index (χ2v) is 7.13. The van der Waals surface area contributed by atoms with Crippen molar-refractivity contribution in [2.24, 2.45) is 16.5 Å². The van der Waals surface area contributed by atoms with E-state index >= 15 is 0 Å². The van der Waals surface area contributed by atoms with Crippen LogP contribution >= 0.6 is 0 Å². The summed E-state index contributed by atoms with van der Waals surface area (Å²) >= 11 is 0. The zero-order valence-electron chi connectivity index (χ0n) is 10.4. The fourth-order valence-corrected chi connectivity index (χ4v) is 3.96. The van der Waals surface area contributed by atoms with E-state index in [0.717, 1.165) is 0 Å². The summed E-state index contributed by atoms with van der Waals surface area (Å²) in [5, 5.41) is 12.0. The van der Waals surface area contributed by atoms with Gasteiger partial charge in [0.25, 0.3) is 0 Å². The maximum Gasteiger partial charge on any atom is 0.523 e. The largest absolute Gasteiger partial charge is 0.523 e. The molecule has 9 heteroatoms.